The summed E-state index contributed by atoms with van der Waals surface area (Å²) in [5.41, 5.74) is 3.68. The average Bonchev–Trinajstić information content (AvgIpc) is 3.14. The molecule has 1 aliphatic carbocycles. The average molecular weight is 392 g/mol. The van der Waals surface area contributed by atoms with Crippen LogP contribution in [0, 0.1) is 11.8 Å². The molecule has 1 aromatic heterocycles. The van der Waals surface area contributed by atoms with Gasteiger partial charge in [0, 0.05) is 18.9 Å². The number of fused-ring (bicyclic) bond motifs is 1. The minimum absolute atomic E-state index is 0.00885. The minimum atomic E-state index is -0.438. The predicted octanol–water partition coefficient (Wildman–Crippen LogP) is 2.78. The van der Waals surface area contributed by atoms with Crippen LogP contribution in [0.3, 0.4) is 0 Å². The number of aromatic nitrogens is 1. The number of carbonyl (C=O) groups excluding carboxylic acids is 2. The van der Waals surface area contributed by atoms with Gasteiger partial charge in [-0.25, -0.2) is 0 Å². The molecule has 152 valence electrons. The van der Waals surface area contributed by atoms with Gasteiger partial charge in [0.2, 0.25) is 11.8 Å². The molecule has 2 aliphatic rings. The van der Waals surface area contributed by atoms with E-state index in [0.29, 0.717) is 25.3 Å². The molecule has 0 saturated carbocycles. The van der Waals surface area contributed by atoms with Gasteiger partial charge in [0.15, 0.2) is 0 Å². The van der Waals surface area contributed by atoms with Gasteiger partial charge in [-0.2, -0.15) is 0 Å². The second-order valence-electron chi connectivity index (χ2n) is 8.71. The van der Waals surface area contributed by atoms with E-state index in [2.05, 4.69) is 36.3 Å². The summed E-state index contributed by atoms with van der Waals surface area (Å²) in [5.74, 6) is 0.527. The van der Waals surface area contributed by atoms with Crippen molar-refractivity contribution in [3.05, 3.63) is 65.5 Å². The summed E-state index contributed by atoms with van der Waals surface area (Å²) in [5, 5.41) is 3.08. The Balaban J connectivity index is 1.53. The van der Waals surface area contributed by atoms with Crippen LogP contribution in [-0.4, -0.2) is 40.3 Å². The molecular weight excluding hydrogens is 362 g/mol. The maximum absolute atomic E-state index is 13.5. The Morgan fingerprint density at radius 3 is 2.45 bits per heavy atom. The molecule has 1 aliphatic heterocycles. The molecule has 1 fully saturated rings. The zero-order valence-electron chi connectivity index (χ0n) is 17.2. The van der Waals surface area contributed by atoms with E-state index in [1.807, 2.05) is 35.4 Å². The molecule has 2 atom stereocenters. The standard InChI is InChI=1S/C24H29N3O2/c1-16(2)12-21-23(28)26-22(20-13-18-7-3-4-8-19(18)14-20)24(29)27(21)11-9-17-6-5-10-25-15-17/h3-8,10,15-16,20-22H,9,11-14H2,1-2H3,(H,26,28)/t21-,22-/m1/s1. The van der Waals surface area contributed by atoms with E-state index in [1.165, 1.54) is 11.1 Å². The normalized spacial score (nSPS) is 22.1. The van der Waals surface area contributed by atoms with E-state index in [1.54, 1.807) is 6.20 Å². The maximum Gasteiger partial charge on any atom is 0.246 e. The Bertz CT molecular complexity index is 856. The molecule has 0 bridgehead atoms. The number of benzene rings is 1. The summed E-state index contributed by atoms with van der Waals surface area (Å²) in [7, 11) is 0. The van der Waals surface area contributed by atoms with E-state index < -0.39 is 6.04 Å². The Labute approximate surface area is 172 Å². The lowest BCUT2D eigenvalue weighted by Crippen LogP contribution is -2.65. The number of nitrogens with zero attached hydrogens (tertiary/aromatic N) is 2. The fourth-order valence-corrected chi connectivity index (χ4v) is 4.68. The molecule has 1 aromatic carbocycles. The van der Waals surface area contributed by atoms with Crippen LogP contribution in [0.2, 0.25) is 0 Å². The van der Waals surface area contributed by atoms with Crippen molar-refractivity contribution in [1.29, 1.82) is 0 Å². The number of nitrogens with one attached hydrogen (secondary N) is 1. The lowest BCUT2D eigenvalue weighted by atomic mass is 9.90. The molecule has 1 N–H and O–H groups in total. The highest BCUT2D eigenvalue weighted by Gasteiger charge is 2.44. The van der Waals surface area contributed by atoms with Crippen LogP contribution < -0.4 is 5.32 Å². The molecule has 0 spiro atoms. The first-order valence-electron chi connectivity index (χ1n) is 10.6. The monoisotopic (exact) mass is 391 g/mol. The van der Waals surface area contributed by atoms with E-state index in [0.717, 1.165) is 18.4 Å². The number of hydrogen-bond acceptors (Lipinski definition) is 3. The van der Waals surface area contributed by atoms with Crippen molar-refractivity contribution < 1.29 is 9.59 Å². The van der Waals surface area contributed by atoms with Crippen LogP contribution in [0.5, 0.6) is 0 Å². The van der Waals surface area contributed by atoms with Crippen molar-refractivity contribution in [2.45, 2.75) is 51.6 Å². The van der Waals surface area contributed by atoms with Crippen molar-refractivity contribution in [3.63, 3.8) is 0 Å². The zero-order chi connectivity index (χ0) is 20.4. The number of carbonyl (C=O) groups is 2. The fraction of sp³-hybridized carbons (Fsp3) is 0.458. The van der Waals surface area contributed by atoms with Crippen molar-refractivity contribution in [2.24, 2.45) is 11.8 Å². The first kappa shape index (κ1) is 19.6. The van der Waals surface area contributed by atoms with Crippen LogP contribution in [0.4, 0.5) is 0 Å². The Hall–Kier alpha value is -2.69. The third-order valence-corrected chi connectivity index (χ3v) is 6.14. The molecule has 0 radical (unpaired) electrons. The predicted molar refractivity (Wildman–Crippen MR) is 112 cm³/mol. The minimum Gasteiger partial charge on any atom is -0.342 e. The maximum atomic E-state index is 13.5. The Morgan fingerprint density at radius 1 is 1.10 bits per heavy atom. The van der Waals surface area contributed by atoms with Crippen molar-refractivity contribution >= 4 is 11.8 Å². The summed E-state index contributed by atoms with van der Waals surface area (Å²) in [4.78, 5) is 32.5. The number of hydrogen-bond donors (Lipinski definition) is 1. The topological polar surface area (TPSA) is 62.3 Å². The molecule has 2 heterocycles. The summed E-state index contributed by atoms with van der Waals surface area (Å²) >= 11 is 0. The summed E-state index contributed by atoms with van der Waals surface area (Å²) in [6, 6.07) is 11.4. The Kier molecular flexibility index (Phi) is 5.65. The molecule has 4 rings (SSSR count). The van der Waals surface area contributed by atoms with E-state index in [9.17, 15) is 9.59 Å². The second kappa shape index (κ2) is 8.36. The molecule has 5 heteroatoms. The van der Waals surface area contributed by atoms with Crippen LogP contribution >= 0.6 is 0 Å². The van der Waals surface area contributed by atoms with E-state index in [4.69, 9.17) is 0 Å². The first-order chi connectivity index (χ1) is 14.0. The smallest absolute Gasteiger partial charge is 0.246 e. The van der Waals surface area contributed by atoms with E-state index in [-0.39, 0.29) is 23.8 Å². The highest BCUT2D eigenvalue weighted by atomic mass is 16.2. The van der Waals surface area contributed by atoms with Crippen molar-refractivity contribution in [3.8, 4) is 0 Å². The largest absolute Gasteiger partial charge is 0.342 e. The summed E-state index contributed by atoms with van der Waals surface area (Å²) < 4.78 is 0. The van der Waals surface area contributed by atoms with Crippen LogP contribution in [-0.2, 0) is 28.9 Å². The van der Waals surface area contributed by atoms with Gasteiger partial charge in [-0.1, -0.05) is 44.2 Å². The van der Waals surface area contributed by atoms with Crippen molar-refractivity contribution in [1.82, 2.24) is 15.2 Å². The number of rotatable bonds is 6. The highest BCUT2D eigenvalue weighted by Crippen LogP contribution is 2.31. The van der Waals surface area contributed by atoms with Crippen LogP contribution in [0.1, 0.15) is 37.0 Å². The lowest BCUT2D eigenvalue weighted by Gasteiger charge is -2.41. The quantitative estimate of drug-likeness (QED) is 0.824. The van der Waals surface area contributed by atoms with E-state index >= 15 is 0 Å². The molecule has 1 saturated heterocycles. The third-order valence-electron chi connectivity index (χ3n) is 6.14. The van der Waals surface area contributed by atoms with Gasteiger partial charge in [0.1, 0.15) is 12.1 Å². The van der Waals surface area contributed by atoms with Crippen LogP contribution in [0.25, 0.3) is 0 Å². The van der Waals surface area contributed by atoms with Crippen molar-refractivity contribution in [2.75, 3.05) is 6.54 Å². The SMILES string of the molecule is CC(C)C[C@@H]1C(=O)N[C@H](C2Cc3ccccc3C2)C(=O)N1CCc1cccnc1. The van der Waals surface area contributed by atoms with Gasteiger partial charge in [0.25, 0.3) is 0 Å². The molecule has 0 unspecified atom stereocenters. The van der Waals surface area contributed by atoms with Crippen LogP contribution in [0.15, 0.2) is 48.8 Å². The van der Waals surface area contributed by atoms with Gasteiger partial charge in [-0.15, -0.1) is 0 Å². The zero-order valence-corrected chi connectivity index (χ0v) is 17.2. The molecule has 5 nitrogen and oxygen atoms in total. The lowest BCUT2D eigenvalue weighted by molar-refractivity contribution is -0.151. The van der Waals surface area contributed by atoms with Gasteiger partial charge in [-0.3, -0.25) is 14.6 Å². The number of piperazine rings is 1. The number of pyridine rings is 1. The van der Waals surface area contributed by atoms with Gasteiger partial charge >= 0.3 is 0 Å². The number of amides is 2. The summed E-state index contributed by atoms with van der Waals surface area (Å²) in [6.45, 7) is 4.74. The first-order valence-corrected chi connectivity index (χ1v) is 10.6. The molecule has 29 heavy (non-hydrogen) atoms. The molecular formula is C24H29N3O2. The third kappa shape index (κ3) is 4.19. The fourth-order valence-electron chi connectivity index (χ4n) is 4.68. The second-order valence-corrected chi connectivity index (χ2v) is 8.71. The highest BCUT2D eigenvalue weighted by molar-refractivity contribution is 5.97. The molecule has 2 aromatic rings. The summed E-state index contributed by atoms with van der Waals surface area (Å²) in [6.07, 6.45) is 6.66. The Morgan fingerprint density at radius 2 is 1.83 bits per heavy atom. The van der Waals surface area contributed by atoms with Gasteiger partial charge in [-0.05, 0) is 60.3 Å². The van der Waals surface area contributed by atoms with Gasteiger partial charge in [0.05, 0.1) is 0 Å². The van der Waals surface area contributed by atoms with Gasteiger partial charge < -0.3 is 10.2 Å². The molecule has 2 amide bonds.